The van der Waals surface area contributed by atoms with Crippen molar-refractivity contribution in [3.63, 3.8) is 0 Å². The number of oxazole rings is 1. The van der Waals surface area contributed by atoms with Crippen LogP contribution >= 0.6 is 12.2 Å². The zero-order chi connectivity index (χ0) is 7.40. The average Bonchev–Trinajstić information content (AvgIpc) is 2.37. The molecule has 0 saturated heterocycles. The van der Waals surface area contributed by atoms with Gasteiger partial charge in [0.2, 0.25) is 5.89 Å². The van der Waals surface area contributed by atoms with Gasteiger partial charge in [-0.2, -0.15) is 4.98 Å². The molecule has 3 N–H and O–H groups in total. The van der Waals surface area contributed by atoms with Crippen molar-refractivity contribution in [1.29, 1.82) is 0 Å². The van der Waals surface area contributed by atoms with Crippen molar-refractivity contribution >= 4 is 23.5 Å². The number of rotatable bonds is 3. The van der Waals surface area contributed by atoms with Crippen LogP contribution in [0.5, 0.6) is 0 Å². The molecule has 54 valence electrons. The zero-order valence-corrected chi connectivity index (χ0v) is 6.02. The number of nitrogens with one attached hydrogen (secondary N) is 1. The number of thiocarbonyl (C=S) groups is 1. The Balaban J connectivity index is 2.67. The molecule has 1 rings (SSSR count). The van der Waals surface area contributed by atoms with E-state index in [0.717, 1.165) is 0 Å². The van der Waals surface area contributed by atoms with Crippen molar-refractivity contribution in [3.8, 4) is 0 Å². The Kier molecular flexibility index (Phi) is 2.35. The molecule has 0 atom stereocenters. The molecule has 0 bridgehead atoms. The predicted molar refractivity (Wildman–Crippen MR) is 41.7 cm³/mol. The van der Waals surface area contributed by atoms with Gasteiger partial charge in [0.15, 0.2) is 5.82 Å². The van der Waals surface area contributed by atoms with Crippen molar-refractivity contribution in [2.24, 2.45) is 5.73 Å². The number of nitrogens with two attached hydrogens (primary N) is 1. The highest BCUT2D eigenvalue weighted by atomic mass is 32.1. The van der Waals surface area contributed by atoms with E-state index in [2.05, 4.69) is 22.5 Å². The molecule has 1 aromatic rings. The minimum atomic E-state index is 0.305. The molecule has 1 heterocycles. The number of anilines is 1. The molecule has 0 radical (unpaired) electrons. The molecule has 5 heteroatoms. The van der Waals surface area contributed by atoms with Crippen LogP contribution in [0.15, 0.2) is 10.7 Å². The van der Waals surface area contributed by atoms with E-state index < -0.39 is 0 Å². The molecule has 1 aromatic heterocycles. The van der Waals surface area contributed by atoms with Gasteiger partial charge in [0, 0.05) is 0 Å². The van der Waals surface area contributed by atoms with E-state index in [1.807, 2.05) is 0 Å². The van der Waals surface area contributed by atoms with Crippen LogP contribution in [0.1, 0.15) is 5.89 Å². The van der Waals surface area contributed by atoms with E-state index in [4.69, 9.17) is 10.2 Å². The molecule has 0 unspecified atom stereocenters. The Labute approximate surface area is 63.4 Å². The molecule has 0 spiro atoms. The van der Waals surface area contributed by atoms with Crippen LogP contribution in [-0.2, 0) is 6.54 Å². The lowest BCUT2D eigenvalue weighted by Crippen LogP contribution is -1.97. The quantitative estimate of drug-likeness (QED) is 0.625. The van der Waals surface area contributed by atoms with Gasteiger partial charge >= 0.3 is 0 Å². The number of hydrogen-bond acceptors (Lipinski definition) is 4. The van der Waals surface area contributed by atoms with Crippen LogP contribution in [0.2, 0.25) is 0 Å². The zero-order valence-electron chi connectivity index (χ0n) is 5.20. The Morgan fingerprint density at radius 3 is 3.20 bits per heavy atom. The summed E-state index contributed by atoms with van der Waals surface area (Å²) in [5.74, 6) is 1.09. The summed E-state index contributed by atoms with van der Waals surface area (Å²) in [6.07, 6.45) is 1.46. The minimum absolute atomic E-state index is 0.305. The Bertz CT molecular complexity index is 222. The molecular formula is C5H7N3OS. The van der Waals surface area contributed by atoms with Crippen LogP contribution in [0.25, 0.3) is 0 Å². The summed E-state index contributed by atoms with van der Waals surface area (Å²) < 4.78 is 4.90. The fourth-order valence-electron chi connectivity index (χ4n) is 0.531. The van der Waals surface area contributed by atoms with Gasteiger partial charge in [0.05, 0.1) is 12.0 Å². The number of aromatic nitrogens is 1. The van der Waals surface area contributed by atoms with Crippen LogP contribution in [0, 0.1) is 0 Å². The summed E-state index contributed by atoms with van der Waals surface area (Å²) in [7, 11) is 0. The smallest absolute Gasteiger partial charge is 0.209 e. The molecule has 0 fully saturated rings. The molecule has 0 amide bonds. The fraction of sp³-hybridized carbons (Fsp3) is 0.200. The average molecular weight is 157 g/mol. The molecular weight excluding hydrogens is 150 g/mol. The van der Waals surface area contributed by atoms with Gasteiger partial charge in [-0.05, 0) is 0 Å². The summed E-state index contributed by atoms with van der Waals surface area (Å²) in [6.45, 7) is 0.305. The van der Waals surface area contributed by atoms with Gasteiger partial charge in [-0.3, -0.25) is 0 Å². The second kappa shape index (κ2) is 3.28. The van der Waals surface area contributed by atoms with Gasteiger partial charge in [-0.1, -0.05) is 12.2 Å². The second-order valence-corrected chi connectivity index (χ2v) is 1.83. The van der Waals surface area contributed by atoms with E-state index in [-0.39, 0.29) is 0 Å². The third-order valence-corrected chi connectivity index (χ3v) is 1.05. The monoisotopic (exact) mass is 157 g/mol. The van der Waals surface area contributed by atoms with Crippen LogP contribution in [0.4, 0.5) is 5.82 Å². The molecule has 0 saturated carbocycles. The van der Waals surface area contributed by atoms with Crippen molar-refractivity contribution in [3.05, 3.63) is 12.2 Å². The second-order valence-electron chi connectivity index (χ2n) is 1.59. The van der Waals surface area contributed by atoms with Crippen molar-refractivity contribution in [2.75, 3.05) is 5.32 Å². The maximum Gasteiger partial charge on any atom is 0.209 e. The van der Waals surface area contributed by atoms with Crippen LogP contribution in [0.3, 0.4) is 0 Å². The lowest BCUT2D eigenvalue weighted by Gasteiger charge is -1.85. The maximum atomic E-state index is 5.24. The van der Waals surface area contributed by atoms with Gasteiger partial charge in [-0.15, -0.1) is 0 Å². The largest absolute Gasteiger partial charge is 0.445 e. The SMILES string of the molecule is NCc1nc(NC=S)co1. The Morgan fingerprint density at radius 1 is 1.90 bits per heavy atom. The van der Waals surface area contributed by atoms with E-state index in [1.165, 1.54) is 11.8 Å². The summed E-state index contributed by atoms with van der Waals surface area (Å²) in [4.78, 5) is 3.92. The minimum Gasteiger partial charge on any atom is -0.445 e. The van der Waals surface area contributed by atoms with E-state index in [9.17, 15) is 0 Å². The summed E-state index contributed by atoms with van der Waals surface area (Å²) in [5, 5.41) is 2.69. The highest BCUT2D eigenvalue weighted by Crippen LogP contribution is 2.04. The Morgan fingerprint density at radius 2 is 2.70 bits per heavy atom. The first-order chi connectivity index (χ1) is 4.86. The molecule has 4 nitrogen and oxygen atoms in total. The first-order valence-electron chi connectivity index (χ1n) is 2.71. The lowest BCUT2D eigenvalue weighted by molar-refractivity contribution is 0.498. The first kappa shape index (κ1) is 7.17. The summed E-state index contributed by atoms with van der Waals surface area (Å²) in [6, 6.07) is 0. The Hall–Kier alpha value is -0.940. The highest BCUT2D eigenvalue weighted by molar-refractivity contribution is 7.79. The standard InChI is InChI=1S/C5H7N3OS/c6-1-5-8-4(2-9-5)7-3-10/h2-3H,1,6H2,(H,7,10). The van der Waals surface area contributed by atoms with Crippen molar-refractivity contribution in [1.82, 2.24) is 4.98 Å². The number of nitrogens with zero attached hydrogens (tertiary/aromatic N) is 1. The summed E-state index contributed by atoms with van der Waals surface area (Å²) in [5.41, 5.74) is 6.60. The molecule has 0 aliphatic heterocycles. The fourth-order valence-corrected chi connectivity index (χ4v) is 0.652. The molecule has 0 aliphatic carbocycles. The topological polar surface area (TPSA) is 64.1 Å². The van der Waals surface area contributed by atoms with Gasteiger partial charge in [-0.25, -0.2) is 0 Å². The lowest BCUT2D eigenvalue weighted by atomic mass is 10.7. The van der Waals surface area contributed by atoms with E-state index in [0.29, 0.717) is 18.3 Å². The number of hydrogen-bond donors (Lipinski definition) is 2. The molecule has 10 heavy (non-hydrogen) atoms. The molecule has 0 aliphatic rings. The molecule has 0 aromatic carbocycles. The van der Waals surface area contributed by atoms with Crippen LogP contribution in [-0.4, -0.2) is 10.5 Å². The van der Waals surface area contributed by atoms with Crippen LogP contribution < -0.4 is 11.1 Å². The third-order valence-electron chi connectivity index (χ3n) is 0.933. The third kappa shape index (κ3) is 1.52. The van der Waals surface area contributed by atoms with E-state index in [1.54, 1.807) is 0 Å². The highest BCUT2D eigenvalue weighted by Gasteiger charge is 1.97. The van der Waals surface area contributed by atoms with Gasteiger partial charge in [0.1, 0.15) is 6.26 Å². The summed E-state index contributed by atoms with van der Waals surface area (Å²) >= 11 is 4.53. The van der Waals surface area contributed by atoms with Crippen molar-refractivity contribution in [2.45, 2.75) is 6.54 Å². The van der Waals surface area contributed by atoms with Crippen molar-refractivity contribution < 1.29 is 4.42 Å². The maximum absolute atomic E-state index is 5.24. The van der Waals surface area contributed by atoms with Gasteiger partial charge < -0.3 is 15.5 Å². The van der Waals surface area contributed by atoms with Gasteiger partial charge in [0.25, 0.3) is 0 Å². The van der Waals surface area contributed by atoms with E-state index >= 15 is 0 Å². The first-order valence-corrected chi connectivity index (χ1v) is 3.18. The normalized spacial score (nSPS) is 9.30. The predicted octanol–water partition coefficient (Wildman–Crippen LogP) is 0.502.